The Labute approximate surface area is 97.6 Å². The fraction of sp³-hybridized carbons (Fsp3) is 0.100. The molecule has 0 bridgehead atoms. The summed E-state index contributed by atoms with van der Waals surface area (Å²) in [5, 5.41) is 1.74. The zero-order valence-corrected chi connectivity index (χ0v) is 10.5. The predicted molar refractivity (Wildman–Crippen MR) is 61.8 cm³/mol. The van der Waals surface area contributed by atoms with Crippen molar-refractivity contribution in [1.82, 2.24) is 4.98 Å². The molecule has 0 saturated heterocycles. The Hall–Kier alpha value is -0.480. The number of aryl methyl sites for hydroxylation is 1. The molecular formula is C10H6Br2FN. The fourth-order valence-corrected chi connectivity index (χ4v) is 2.36. The molecule has 0 amide bonds. The summed E-state index contributed by atoms with van der Waals surface area (Å²) in [5.74, 6) is -0.254. The quantitative estimate of drug-likeness (QED) is 0.663. The van der Waals surface area contributed by atoms with E-state index >= 15 is 0 Å². The average molecular weight is 319 g/mol. The van der Waals surface area contributed by atoms with E-state index in [0.717, 1.165) is 20.9 Å². The first-order valence-electron chi connectivity index (χ1n) is 4.00. The number of benzene rings is 1. The molecule has 0 fully saturated rings. The van der Waals surface area contributed by atoms with Crippen LogP contribution in [0.4, 0.5) is 4.39 Å². The lowest BCUT2D eigenvalue weighted by Gasteiger charge is -2.05. The Morgan fingerprint density at radius 3 is 2.64 bits per heavy atom. The van der Waals surface area contributed by atoms with Gasteiger partial charge in [0.2, 0.25) is 0 Å². The number of nitrogens with zero attached hydrogens (tertiary/aromatic N) is 1. The number of fused-ring (bicyclic) bond motifs is 1. The molecule has 0 spiro atoms. The maximum absolute atomic E-state index is 13.0. The third kappa shape index (κ3) is 1.57. The van der Waals surface area contributed by atoms with Crippen LogP contribution in [-0.4, -0.2) is 4.98 Å². The average Bonchev–Trinajstić information content (AvgIpc) is 2.14. The molecule has 0 saturated carbocycles. The minimum absolute atomic E-state index is 0.254. The Morgan fingerprint density at radius 2 is 1.93 bits per heavy atom. The van der Waals surface area contributed by atoms with E-state index in [-0.39, 0.29) is 5.82 Å². The Balaban J connectivity index is 2.94. The summed E-state index contributed by atoms with van der Waals surface area (Å²) < 4.78 is 14.6. The van der Waals surface area contributed by atoms with E-state index in [1.165, 1.54) is 12.1 Å². The molecule has 1 aromatic heterocycles. The van der Waals surface area contributed by atoms with Gasteiger partial charge in [0.1, 0.15) is 10.4 Å². The summed E-state index contributed by atoms with van der Waals surface area (Å²) in [6.45, 7) is 1.90. The Bertz CT molecular complexity index is 511. The number of rotatable bonds is 0. The molecule has 14 heavy (non-hydrogen) atoms. The third-order valence-corrected chi connectivity index (χ3v) is 3.63. The summed E-state index contributed by atoms with van der Waals surface area (Å²) in [7, 11) is 0. The van der Waals surface area contributed by atoms with Crippen molar-refractivity contribution in [2.24, 2.45) is 0 Å². The van der Waals surface area contributed by atoms with Crippen molar-refractivity contribution < 1.29 is 4.39 Å². The number of hydrogen-bond donors (Lipinski definition) is 0. The molecule has 4 heteroatoms. The predicted octanol–water partition coefficient (Wildman–Crippen LogP) is 4.21. The van der Waals surface area contributed by atoms with Gasteiger partial charge in [0, 0.05) is 15.2 Å². The molecule has 1 heterocycles. The van der Waals surface area contributed by atoms with Crippen LogP contribution in [0.1, 0.15) is 5.69 Å². The van der Waals surface area contributed by atoms with E-state index < -0.39 is 0 Å². The molecule has 0 aliphatic rings. The topological polar surface area (TPSA) is 12.9 Å². The normalized spacial score (nSPS) is 10.9. The highest BCUT2D eigenvalue weighted by Crippen LogP contribution is 2.31. The largest absolute Gasteiger partial charge is 0.244 e. The van der Waals surface area contributed by atoms with Gasteiger partial charge in [-0.3, -0.25) is 0 Å². The highest BCUT2D eigenvalue weighted by molar-refractivity contribution is 9.11. The van der Waals surface area contributed by atoms with Gasteiger partial charge in [0.05, 0.1) is 5.69 Å². The summed E-state index contributed by atoms with van der Waals surface area (Å²) in [6.07, 6.45) is 0. The molecule has 0 atom stereocenters. The molecule has 1 aromatic carbocycles. The van der Waals surface area contributed by atoms with Gasteiger partial charge in [-0.05, 0) is 50.9 Å². The third-order valence-electron chi connectivity index (χ3n) is 2.02. The molecule has 0 radical (unpaired) electrons. The molecule has 0 N–H and O–H groups in total. The Kier molecular flexibility index (Phi) is 2.58. The van der Waals surface area contributed by atoms with Gasteiger partial charge in [-0.25, -0.2) is 9.37 Å². The lowest BCUT2D eigenvalue weighted by molar-refractivity contribution is 0.629. The molecule has 2 rings (SSSR count). The summed E-state index contributed by atoms with van der Waals surface area (Å²) in [6, 6.07) is 4.66. The second-order valence-electron chi connectivity index (χ2n) is 2.99. The number of pyridine rings is 1. The monoisotopic (exact) mass is 317 g/mol. The second-order valence-corrected chi connectivity index (χ2v) is 4.54. The number of halogens is 3. The van der Waals surface area contributed by atoms with E-state index in [1.54, 1.807) is 6.07 Å². The van der Waals surface area contributed by atoms with E-state index in [1.807, 2.05) is 6.92 Å². The molecule has 0 aliphatic carbocycles. The van der Waals surface area contributed by atoms with E-state index in [0.29, 0.717) is 4.60 Å². The van der Waals surface area contributed by atoms with Crippen LogP contribution < -0.4 is 0 Å². The SMILES string of the molecule is Cc1nc(Br)c2cc(F)ccc2c1Br. The van der Waals surface area contributed by atoms with Crippen LogP contribution in [0.5, 0.6) is 0 Å². The summed E-state index contributed by atoms with van der Waals surface area (Å²) in [4.78, 5) is 4.25. The van der Waals surface area contributed by atoms with E-state index in [4.69, 9.17) is 0 Å². The standard InChI is InChI=1S/C10H6Br2FN/c1-5-9(11)7-3-2-6(13)4-8(7)10(12)14-5/h2-4H,1H3. The molecule has 0 aliphatic heterocycles. The first-order chi connectivity index (χ1) is 6.59. The van der Waals surface area contributed by atoms with Gasteiger partial charge in [-0.1, -0.05) is 6.07 Å². The maximum Gasteiger partial charge on any atom is 0.123 e. The zero-order chi connectivity index (χ0) is 10.3. The van der Waals surface area contributed by atoms with Gasteiger partial charge in [0.25, 0.3) is 0 Å². The molecule has 72 valence electrons. The van der Waals surface area contributed by atoms with Gasteiger partial charge >= 0.3 is 0 Å². The van der Waals surface area contributed by atoms with Crippen LogP contribution in [0.2, 0.25) is 0 Å². The summed E-state index contributed by atoms with van der Waals surface area (Å²) in [5.41, 5.74) is 0.885. The van der Waals surface area contributed by atoms with Crippen LogP contribution in [0.15, 0.2) is 27.3 Å². The molecular weight excluding hydrogens is 313 g/mol. The van der Waals surface area contributed by atoms with Gasteiger partial charge in [-0.2, -0.15) is 0 Å². The fourth-order valence-electron chi connectivity index (χ4n) is 1.33. The van der Waals surface area contributed by atoms with Crippen LogP contribution in [0.25, 0.3) is 10.8 Å². The maximum atomic E-state index is 13.0. The van der Waals surface area contributed by atoms with E-state index in [9.17, 15) is 4.39 Å². The summed E-state index contributed by atoms with van der Waals surface area (Å²) >= 11 is 6.75. The van der Waals surface area contributed by atoms with Crippen molar-refractivity contribution in [1.29, 1.82) is 0 Å². The van der Waals surface area contributed by atoms with Crippen LogP contribution in [0, 0.1) is 12.7 Å². The Morgan fingerprint density at radius 1 is 1.21 bits per heavy atom. The molecule has 0 unspecified atom stereocenters. The molecule has 2 aromatic rings. The first kappa shape index (κ1) is 10.1. The van der Waals surface area contributed by atoms with Gasteiger partial charge in [0.15, 0.2) is 0 Å². The first-order valence-corrected chi connectivity index (χ1v) is 5.59. The number of aromatic nitrogens is 1. The lowest BCUT2D eigenvalue weighted by atomic mass is 10.1. The number of hydrogen-bond acceptors (Lipinski definition) is 1. The van der Waals surface area contributed by atoms with Crippen molar-refractivity contribution in [2.45, 2.75) is 6.92 Å². The van der Waals surface area contributed by atoms with Gasteiger partial charge in [-0.15, -0.1) is 0 Å². The van der Waals surface area contributed by atoms with Crippen molar-refractivity contribution in [3.05, 3.63) is 38.8 Å². The van der Waals surface area contributed by atoms with Crippen LogP contribution in [0.3, 0.4) is 0 Å². The van der Waals surface area contributed by atoms with Crippen LogP contribution >= 0.6 is 31.9 Å². The highest BCUT2D eigenvalue weighted by Gasteiger charge is 2.08. The highest BCUT2D eigenvalue weighted by atomic mass is 79.9. The minimum atomic E-state index is -0.254. The minimum Gasteiger partial charge on any atom is -0.244 e. The van der Waals surface area contributed by atoms with Gasteiger partial charge < -0.3 is 0 Å². The van der Waals surface area contributed by atoms with Crippen molar-refractivity contribution in [3.63, 3.8) is 0 Å². The smallest absolute Gasteiger partial charge is 0.123 e. The molecule has 1 nitrogen and oxygen atoms in total. The second kappa shape index (κ2) is 3.59. The van der Waals surface area contributed by atoms with Crippen molar-refractivity contribution in [2.75, 3.05) is 0 Å². The van der Waals surface area contributed by atoms with Crippen LogP contribution in [-0.2, 0) is 0 Å². The zero-order valence-electron chi connectivity index (χ0n) is 7.31. The van der Waals surface area contributed by atoms with Crippen molar-refractivity contribution in [3.8, 4) is 0 Å². The lowest BCUT2D eigenvalue weighted by Crippen LogP contribution is -1.88. The van der Waals surface area contributed by atoms with E-state index in [2.05, 4.69) is 36.8 Å². The van der Waals surface area contributed by atoms with Crippen molar-refractivity contribution >= 4 is 42.6 Å².